The molecule has 1 aliphatic carbocycles. The highest BCUT2D eigenvalue weighted by atomic mass is 16.5. The Morgan fingerprint density at radius 3 is 2.50 bits per heavy atom. The van der Waals surface area contributed by atoms with Crippen LogP contribution in [0.15, 0.2) is 0 Å². The zero-order chi connectivity index (χ0) is 14.0. The standard InChI is InChI=1S/C15H26N2O3/c18-13-6-3-11-20-15(13)7-9-17(10-8-15)14(19)16-12-4-1-2-5-12/h12-13,18H,1-11H2,(H,16,19). The maximum Gasteiger partial charge on any atom is 0.317 e. The van der Waals surface area contributed by atoms with Gasteiger partial charge in [-0.3, -0.25) is 0 Å². The molecule has 1 spiro atoms. The summed E-state index contributed by atoms with van der Waals surface area (Å²) in [4.78, 5) is 14.1. The summed E-state index contributed by atoms with van der Waals surface area (Å²) in [7, 11) is 0. The Morgan fingerprint density at radius 1 is 1.15 bits per heavy atom. The average molecular weight is 282 g/mol. The summed E-state index contributed by atoms with van der Waals surface area (Å²) in [5.74, 6) is 0. The first-order valence-electron chi connectivity index (χ1n) is 8.07. The van der Waals surface area contributed by atoms with Crippen LogP contribution >= 0.6 is 0 Å². The van der Waals surface area contributed by atoms with Crippen LogP contribution in [-0.2, 0) is 4.74 Å². The lowest BCUT2D eigenvalue weighted by Crippen LogP contribution is -2.57. The number of hydrogen-bond acceptors (Lipinski definition) is 3. The van der Waals surface area contributed by atoms with Gasteiger partial charge in [0.1, 0.15) is 0 Å². The van der Waals surface area contributed by atoms with Gasteiger partial charge in [-0.15, -0.1) is 0 Å². The van der Waals surface area contributed by atoms with Gasteiger partial charge >= 0.3 is 6.03 Å². The number of urea groups is 1. The van der Waals surface area contributed by atoms with Gasteiger partial charge in [-0.2, -0.15) is 0 Å². The molecule has 1 saturated carbocycles. The monoisotopic (exact) mass is 282 g/mol. The van der Waals surface area contributed by atoms with Crippen molar-refractivity contribution in [2.45, 2.75) is 69.1 Å². The maximum atomic E-state index is 12.2. The Bertz CT molecular complexity index is 347. The van der Waals surface area contributed by atoms with E-state index < -0.39 is 0 Å². The molecule has 2 heterocycles. The number of amides is 2. The molecule has 5 heteroatoms. The second-order valence-electron chi connectivity index (χ2n) is 6.49. The Labute approximate surface area is 120 Å². The van der Waals surface area contributed by atoms with E-state index >= 15 is 0 Å². The Kier molecular flexibility index (Phi) is 4.17. The van der Waals surface area contributed by atoms with Gasteiger partial charge < -0.3 is 20.1 Å². The lowest BCUT2D eigenvalue weighted by molar-refractivity contribution is -0.173. The third kappa shape index (κ3) is 2.79. The molecule has 0 bridgehead atoms. The van der Waals surface area contributed by atoms with Crippen LogP contribution in [0.4, 0.5) is 4.79 Å². The summed E-state index contributed by atoms with van der Waals surface area (Å²) in [5, 5.41) is 13.3. The molecule has 3 fully saturated rings. The van der Waals surface area contributed by atoms with E-state index in [1.165, 1.54) is 12.8 Å². The van der Waals surface area contributed by atoms with Gasteiger partial charge in [0.25, 0.3) is 0 Å². The number of rotatable bonds is 1. The first-order chi connectivity index (χ1) is 9.70. The van der Waals surface area contributed by atoms with E-state index in [0.717, 1.165) is 45.1 Å². The van der Waals surface area contributed by atoms with Crippen molar-refractivity contribution in [1.29, 1.82) is 0 Å². The highest BCUT2D eigenvalue weighted by Crippen LogP contribution is 2.35. The van der Waals surface area contributed by atoms with Crippen LogP contribution in [-0.4, -0.2) is 53.5 Å². The first-order valence-corrected chi connectivity index (χ1v) is 8.07. The summed E-state index contributed by atoms with van der Waals surface area (Å²) in [6.07, 6.45) is 7.61. The molecule has 0 radical (unpaired) electrons. The fourth-order valence-electron chi connectivity index (χ4n) is 3.81. The van der Waals surface area contributed by atoms with E-state index in [1.54, 1.807) is 0 Å². The van der Waals surface area contributed by atoms with Crippen molar-refractivity contribution in [3.05, 3.63) is 0 Å². The molecule has 1 unspecified atom stereocenters. The fourth-order valence-corrected chi connectivity index (χ4v) is 3.81. The van der Waals surface area contributed by atoms with E-state index in [9.17, 15) is 9.90 Å². The normalized spacial score (nSPS) is 30.6. The SMILES string of the molecule is O=C(NC1CCCC1)N1CCC2(CC1)OCCCC2O. The molecule has 2 N–H and O–H groups in total. The van der Waals surface area contributed by atoms with Crippen LogP contribution in [0.2, 0.25) is 0 Å². The molecule has 3 aliphatic rings. The van der Waals surface area contributed by atoms with Crippen molar-refractivity contribution in [1.82, 2.24) is 10.2 Å². The number of nitrogens with zero attached hydrogens (tertiary/aromatic N) is 1. The van der Waals surface area contributed by atoms with Crippen LogP contribution in [0.5, 0.6) is 0 Å². The number of nitrogens with one attached hydrogen (secondary N) is 1. The molecule has 114 valence electrons. The van der Waals surface area contributed by atoms with E-state index in [1.807, 2.05) is 4.90 Å². The Morgan fingerprint density at radius 2 is 1.85 bits per heavy atom. The predicted molar refractivity (Wildman–Crippen MR) is 75.5 cm³/mol. The smallest absolute Gasteiger partial charge is 0.317 e. The van der Waals surface area contributed by atoms with Gasteiger partial charge in [-0.1, -0.05) is 12.8 Å². The van der Waals surface area contributed by atoms with Gasteiger partial charge in [0.2, 0.25) is 0 Å². The molecule has 0 aromatic carbocycles. The quantitative estimate of drug-likeness (QED) is 0.768. The van der Waals surface area contributed by atoms with E-state index in [4.69, 9.17) is 4.74 Å². The van der Waals surface area contributed by atoms with E-state index in [-0.39, 0.29) is 17.7 Å². The van der Waals surface area contributed by atoms with Crippen molar-refractivity contribution >= 4 is 6.03 Å². The number of aliphatic hydroxyl groups excluding tert-OH is 1. The summed E-state index contributed by atoms with van der Waals surface area (Å²) < 4.78 is 5.87. The van der Waals surface area contributed by atoms with Crippen LogP contribution in [0.3, 0.4) is 0 Å². The van der Waals surface area contributed by atoms with Crippen LogP contribution in [0, 0.1) is 0 Å². The van der Waals surface area contributed by atoms with Gasteiger partial charge in [0, 0.05) is 25.7 Å². The summed E-state index contributed by atoms with van der Waals surface area (Å²) in [6, 6.07) is 0.437. The van der Waals surface area contributed by atoms with Gasteiger partial charge in [0.15, 0.2) is 0 Å². The average Bonchev–Trinajstić information content (AvgIpc) is 2.96. The zero-order valence-electron chi connectivity index (χ0n) is 12.1. The molecule has 2 saturated heterocycles. The lowest BCUT2D eigenvalue weighted by atomic mass is 9.82. The second-order valence-corrected chi connectivity index (χ2v) is 6.49. The summed E-state index contributed by atoms with van der Waals surface area (Å²) in [6.45, 7) is 2.12. The maximum absolute atomic E-state index is 12.2. The Hall–Kier alpha value is -0.810. The molecule has 0 aromatic rings. The molecule has 20 heavy (non-hydrogen) atoms. The van der Waals surface area contributed by atoms with Crippen molar-refractivity contribution in [3.63, 3.8) is 0 Å². The molecular weight excluding hydrogens is 256 g/mol. The molecular formula is C15H26N2O3. The first kappa shape index (κ1) is 14.1. The number of aliphatic hydroxyl groups is 1. The van der Waals surface area contributed by atoms with Crippen LogP contribution in [0.1, 0.15) is 51.4 Å². The Balaban J connectivity index is 1.51. The molecule has 1 atom stereocenters. The number of piperidine rings is 1. The largest absolute Gasteiger partial charge is 0.390 e. The third-order valence-corrected chi connectivity index (χ3v) is 5.20. The molecule has 3 rings (SSSR count). The van der Waals surface area contributed by atoms with Crippen molar-refractivity contribution in [3.8, 4) is 0 Å². The summed E-state index contributed by atoms with van der Waals surface area (Å²) >= 11 is 0. The number of carbonyl (C=O) groups is 1. The number of ether oxygens (including phenoxy) is 1. The highest BCUT2D eigenvalue weighted by Gasteiger charge is 2.44. The van der Waals surface area contributed by atoms with Gasteiger partial charge in [0.05, 0.1) is 11.7 Å². The van der Waals surface area contributed by atoms with Crippen molar-refractivity contribution in [2.75, 3.05) is 19.7 Å². The number of hydrogen-bond donors (Lipinski definition) is 2. The minimum Gasteiger partial charge on any atom is -0.390 e. The minimum absolute atomic E-state index is 0.0667. The third-order valence-electron chi connectivity index (χ3n) is 5.20. The molecule has 0 aromatic heterocycles. The fraction of sp³-hybridized carbons (Fsp3) is 0.933. The second kappa shape index (κ2) is 5.90. The van der Waals surface area contributed by atoms with E-state index in [2.05, 4.69) is 5.32 Å². The lowest BCUT2D eigenvalue weighted by Gasteiger charge is -2.46. The van der Waals surface area contributed by atoms with Crippen molar-refractivity contribution in [2.24, 2.45) is 0 Å². The van der Waals surface area contributed by atoms with Gasteiger partial charge in [-0.25, -0.2) is 4.79 Å². The van der Waals surface area contributed by atoms with E-state index in [0.29, 0.717) is 19.1 Å². The number of carbonyl (C=O) groups excluding carboxylic acids is 1. The molecule has 2 amide bonds. The molecule has 5 nitrogen and oxygen atoms in total. The topological polar surface area (TPSA) is 61.8 Å². The minimum atomic E-state index is -0.387. The number of likely N-dealkylation sites (tertiary alicyclic amines) is 1. The van der Waals surface area contributed by atoms with Gasteiger partial charge in [-0.05, 0) is 38.5 Å². The zero-order valence-corrected chi connectivity index (χ0v) is 12.1. The predicted octanol–water partition coefficient (Wildman–Crippen LogP) is 1.64. The molecule has 2 aliphatic heterocycles. The summed E-state index contributed by atoms with van der Waals surface area (Å²) in [5.41, 5.74) is -0.387. The van der Waals surface area contributed by atoms with Crippen LogP contribution < -0.4 is 5.32 Å². The van der Waals surface area contributed by atoms with Crippen molar-refractivity contribution < 1.29 is 14.6 Å². The highest BCUT2D eigenvalue weighted by molar-refractivity contribution is 5.74. The van der Waals surface area contributed by atoms with Crippen LogP contribution in [0.25, 0.3) is 0 Å².